The summed E-state index contributed by atoms with van der Waals surface area (Å²) >= 11 is 0. The standard InChI is InChI=1S/C9H15N3O6S/c10-7(13)5-12(6-8(14)15)9(16)11-1-3-19(17,18)4-2-11/h1-6H2,(H2,10,13)(H,14,15). The molecule has 1 aliphatic rings. The lowest BCUT2D eigenvalue weighted by atomic mass is 10.4. The van der Waals surface area contributed by atoms with Gasteiger partial charge < -0.3 is 20.6 Å². The number of carbonyl (C=O) groups is 3. The highest BCUT2D eigenvalue weighted by Crippen LogP contribution is 2.07. The molecule has 0 unspecified atom stereocenters. The molecular formula is C9H15N3O6S. The highest BCUT2D eigenvalue weighted by Gasteiger charge is 2.29. The van der Waals surface area contributed by atoms with Crippen LogP contribution in [0.25, 0.3) is 0 Å². The van der Waals surface area contributed by atoms with Crippen molar-refractivity contribution < 1.29 is 27.9 Å². The minimum Gasteiger partial charge on any atom is -0.480 e. The number of nitrogens with two attached hydrogens (primary N) is 1. The molecule has 10 heteroatoms. The lowest BCUT2D eigenvalue weighted by Gasteiger charge is -2.31. The molecule has 0 aromatic carbocycles. The molecule has 108 valence electrons. The van der Waals surface area contributed by atoms with Crippen LogP contribution in [-0.2, 0) is 19.4 Å². The molecule has 3 N–H and O–H groups in total. The van der Waals surface area contributed by atoms with Crippen LogP contribution in [0.15, 0.2) is 0 Å². The van der Waals surface area contributed by atoms with Gasteiger partial charge in [0.1, 0.15) is 13.1 Å². The summed E-state index contributed by atoms with van der Waals surface area (Å²) < 4.78 is 22.4. The molecule has 9 nitrogen and oxygen atoms in total. The molecule has 0 aromatic rings. The van der Waals surface area contributed by atoms with Crippen LogP contribution in [0.2, 0.25) is 0 Å². The Labute approximate surface area is 109 Å². The molecule has 1 heterocycles. The summed E-state index contributed by atoms with van der Waals surface area (Å²) in [5.74, 6) is -2.45. The Hall–Kier alpha value is -1.84. The first kappa shape index (κ1) is 15.2. The lowest BCUT2D eigenvalue weighted by molar-refractivity contribution is -0.138. The van der Waals surface area contributed by atoms with Crippen molar-refractivity contribution >= 4 is 27.7 Å². The zero-order valence-electron chi connectivity index (χ0n) is 10.1. The van der Waals surface area contributed by atoms with Crippen LogP contribution in [0.4, 0.5) is 4.79 Å². The Kier molecular flexibility index (Phi) is 4.70. The van der Waals surface area contributed by atoms with E-state index in [9.17, 15) is 22.8 Å². The van der Waals surface area contributed by atoms with Gasteiger partial charge in [-0.25, -0.2) is 13.2 Å². The van der Waals surface area contributed by atoms with Crippen molar-refractivity contribution in [2.24, 2.45) is 5.73 Å². The fourth-order valence-electron chi connectivity index (χ4n) is 1.65. The fourth-order valence-corrected chi connectivity index (χ4v) is 2.85. The van der Waals surface area contributed by atoms with Crippen molar-refractivity contribution in [1.29, 1.82) is 0 Å². The molecule has 0 atom stereocenters. The van der Waals surface area contributed by atoms with Gasteiger partial charge in [0, 0.05) is 13.1 Å². The summed E-state index contributed by atoms with van der Waals surface area (Å²) in [6.07, 6.45) is 0. The van der Waals surface area contributed by atoms with E-state index < -0.39 is 40.8 Å². The third kappa shape index (κ3) is 4.73. The second kappa shape index (κ2) is 5.87. The van der Waals surface area contributed by atoms with E-state index in [4.69, 9.17) is 10.8 Å². The first-order valence-corrected chi connectivity index (χ1v) is 7.28. The van der Waals surface area contributed by atoms with Crippen molar-refractivity contribution in [2.45, 2.75) is 0 Å². The second-order valence-corrected chi connectivity index (χ2v) is 6.44. The van der Waals surface area contributed by atoms with Gasteiger partial charge >= 0.3 is 12.0 Å². The van der Waals surface area contributed by atoms with Crippen LogP contribution in [-0.4, -0.2) is 78.9 Å². The molecule has 0 aromatic heterocycles. The molecule has 19 heavy (non-hydrogen) atoms. The number of nitrogens with zero attached hydrogens (tertiary/aromatic N) is 2. The summed E-state index contributed by atoms with van der Waals surface area (Å²) in [5.41, 5.74) is 4.94. The monoisotopic (exact) mass is 293 g/mol. The lowest BCUT2D eigenvalue weighted by Crippen LogP contribution is -2.52. The summed E-state index contributed by atoms with van der Waals surface area (Å²) in [4.78, 5) is 35.4. The minimum atomic E-state index is -3.14. The summed E-state index contributed by atoms with van der Waals surface area (Å²) in [7, 11) is -3.14. The molecule has 0 bridgehead atoms. The number of primary amides is 1. The van der Waals surface area contributed by atoms with Gasteiger partial charge in [-0.15, -0.1) is 0 Å². The Balaban J connectivity index is 2.71. The first-order chi connectivity index (χ1) is 8.71. The van der Waals surface area contributed by atoms with Gasteiger partial charge in [-0.3, -0.25) is 9.59 Å². The maximum absolute atomic E-state index is 12.0. The van der Waals surface area contributed by atoms with Crippen molar-refractivity contribution in [3.8, 4) is 0 Å². The van der Waals surface area contributed by atoms with Crippen molar-refractivity contribution in [1.82, 2.24) is 9.80 Å². The summed E-state index contributed by atoms with van der Waals surface area (Å²) in [5, 5.41) is 8.67. The highest BCUT2D eigenvalue weighted by molar-refractivity contribution is 7.91. The molecule has 0 saturated carbocycles. The minimum absolute atomic E-state index is 0.0178. The topological polar surface area (TPSA) is 138 Å². The molecule has 1 fully saturated rings. The Morgan fingerprint density at radius 1 is 1.16 bits per heavy atom. The third-order valence-electron chi connectivity index (χ3n) is 2.56. The van der Waals surface area contributed by atoms with E-state index in [1.807, 2.05) is 0 Å². The van der Waals surface area contributed by atoms with Gasteiger partial charge in [0.2, 0.25) is 5.91 Å². The van der Waals surface area contributed by atoms with Crippen LogP contribution < -0.4 is 5.73 Å². The third-order valence-corrected chi connectivity index (χ3v) is 4.17. The van der Waals surface area contributed by atoms with Crippen molar-refractivity contribution in [3.05, 3.63) is 0 Å². The number of aliphatic carboxylic acids is 1. The van der Waals surface area contributed by atoms with Gasteiger partial charge in [-0.1, -0.05) is 0 Å². The number of urea groups is 1. The van der Waals surface area contributed by atoms with E-state index >= 15 is 0 Å². The van der Waals surface area contributed by atoms with Crippen molar-refractivity contribution in [3.63, 3.8) is 0 Å². The first-order valence-electron chi connectivity index (χ1n) is 5.45. The van der Waals surface area contributed by atoms with Gasteiger partial charge in [0.25, 0.3) is 0 Å². The van der Waals surface area contributed by atoms with Crippen LogP contribution in [0, 0.1) is 0 Å². The van der Waals surface area contributed by atoms with Crippen LogP contribution in [0.5, 0.6) is 0 Å². The number of sulfone groups is 1. The van der Waals surface area contributed by atoms with E-state index in [-0.39, 0.29) is 24.6 Å². The Morgan fingerprint density at radius 2 is 1.68 bits per heavy atom. The largest absolute Gasteiger partial charge is 0.480 e. The highest BCUT2D eigenvalue weighted by atomic mass is 32.2. The smallest absolute Gasteiger partial charge is 0.323 e. The average molecular weight is 293 g/mol. The van der Waals surface area contributed by atoms with Crippen LogP contribution in [0.3, 0.4) is 0 Å². The maximum Gasteiger partial charge on any atom is 0.323 e. The Bertz CT molecular complexity index is 458. The number of carbonyl (C=O) groups excluding carboxylic acids is 2. The zero-order chi connectivity index (χ0) is 14.6. The zero-order valence-corrected chi connectivity index (χ0v) is 10.9. The van der Waals surface area contributed by atoms with Crippen LogP contribution >= 0.6 is 0 Å². The normalized spacial score (nSPS) is 17.8. The molecule has 1 aliphatic heterocycles. The maximum atomic E-state index is 12.0. The van der Waals surface area contributed by atoms with Gasteiger partial charge in [0.05, 0.1) is 11.5 Å². The van der Waals surface area contributed by atoms with E-state index in [0.717, 1.165) is 4.90 Å². The SMILES string of the molecule is NC(=O)CN(CC(=O)O)C(=O)N1CCS(=O)(=O)CC1. The number of amides is 3. The van der Waals surface area contributed by atoms with Crippen LogP contribution in [0.1, 0.15) is 0 Å². The van der Waals surface area contributed by atoms with E-state index in [1.165, 1.54) is 4.90 Å². The van der Waals surface area contributed by atoms with Crippen molar-refractivity contribution in [2.75, 3.05) is 37.7 Å². The van der Waals surface area contributed by atoms with E-state index in [2.05, 4.69) is 0 Å². The molecular weight excluding hydrogens is 278 g/mol. The molecule has 3 amide bonds. The number of hydrogen-bond donors (Lipinski definition) is 2. The number of hydrogen-bond acceptors (Lipinski definition) is 5. The summed E-state index contributed by atoms with van der Waals surface area (Å²) in [6, 6.07) is -0.698. The second-order valence-electron chi connectivity index (χ2n) is 4.14. The quantitative estimate of drug-likeness (QED) is 0.598. The number of rotatable bonds is 4. The van der Waals surface area contributed by atoms with Gasteiger partial charge in [-0.05, 0) is 0 Å². The fraction of sp³-hybridized carbons (Fsp3) is 0.667. The number of carboxylic acids is 1. The molecule has 1 rings (SSSR count). The Morgan fingerprint density at radius 3 is 2.11 bits per heavy atom. The average Bonchev–Trinajstić information content (AvgIpc) is 2.26. The van der Waals surface area contributed by atoms with Gasteiger partial charge in [-0.2, -0.15) is 0 Å². The predicted molar refractivity (Wildman–Crippen MR) is 64.0 cm³/mol. The van der Waals surface area contributed by atoms with E-state index in [0.29, 0.717) is 0 Å². The molecule has 0 radical (unpaired) electrons. The van der Waals surface area contributed by atoms with Gasteiger partial charge in [0.15, 0.2) is 9.84 Å². The summed E-state index contributed by atoms with van der Waals surface area (Å²) in [6.45, 7) is -1.22. The molecule has 0 spiro atoms. The molecule has 0 aliphatic carbocycles. The predicted octanol–water partition coefficient (Wildman–Crippen LogP) is -2.29. The van der Waals surface area contributed by atoms with E-state index in [1.54, 1.807) is 0 Å². The molecule has 1 saturated heterocycles. The number of carboxylic acid groups (broad SMARTS) is 1.